The highest BCUT2D eigenvalue weighted by Gasteiger charge is 2.21. The lowest BCUT2D eigenvalue weighted by molar-refractivity contribution is 0.122. The summed E-state index contributed by atoms with van der Waals surface area (Å²) in [6, 6.07) is 18.1. The monoisotopic (exact) mass is 443 g/mol. The fraction of sp³-hybridized carbons (Fsp3) is 0.208. The molecule has 1 saturated heterocycles. The van der Waals surface area contributed by atoms with Gasteiger partial charge in [0.2, 0.25) is 0 Å². The van der Waals surface area contributed by atoms with E-state index in [4.69, 9.17) is 19.4 Å². The first-order valence-electron chi connectivity index (χ1n) is 10.6. The quantitative estimate of drug-likeness (QED) is 0.426. The van der Waals surface area contributed by atoms with Crippen LogP contribution in [0.4, 0.5) is 5.82 Å². The minimum absolute atomic E-state index is 0.500. The number of benzene rings is 2. The molecule has 1 N–H and O–H groups in total. The number of aromatic amines is 1. The predicted octanol–water partition coefficient (Wildman–Crippen LogP) is 4.65. The maximum absolute atomic E-state index is 5.99. The molecule has 0 bridgehead atoms. The number of morpholine rings is 1. The van der Waals surface area contributed by atoms with Gasteiger partial charge in [-0.3, -0.25) is 5.10 Å². The van der Waals surface area contributed by atoms with E-state index in [0.717, 1.165) is 56.2 Å². The highest BCUT2D eigenvalue weighted by molar-refractivity contribution is 7.19. The van der Waals surface area contributed by atoms with E-state index in [1.54, 1.807) is 11.3 Å². The molecule has 1 fully saturated rings. The van der Waals surface area contributed by atoms with Crippen LogP contribution in [0.2, 0.25) is 0 Å². The van der Waals surface area contributed by atoms with Gasteiger partial charge in [0.1, 0.15) is 12.4 Å². The Kier molecular flexibility index (Phi) is 4.93. The van der Waals surface area contributed by atoms with Gasteiger partial charge in [0.25, 0.3) is 0 Å². The fourth-order valence-corrected chi connectivity index (χ4v) is 5.01. The van der Waals surface area contributed by atoms with Gasteiger partial charge in [-0.05, 0) is 24.3 Å². The molecule has 3 aromatic heterocycles. The molecule has 8 heteroatoms. The molecule has 0 amide bonds. The largest absolute Gasteiger partial charge is 0.488 e. The number of nitrogens with one attached hydrogen (secondary N) is 1. The van der Waals surface area contributed by atoms with Gasteiger partial charge in [-0.1, -0.05) is 30.3 Å². The number of thiophene rings is 1. The number of H-pyrrole nitrogens is 1. The summed E-state index contributed by atoms with van der Waals surface area (Å²) >= 11 is 1.69. The van der Waals surface area contributed by atoms with Crippen LogP contribution in [0.1, 0.15) is 4.88 Å². The number of nitrogens with zero attached hydrogens (tertiary/aromatic N) is 4. The molecule has 0 unspecified atom stereocenters. The summed E-state index contributed by atoms with van der Waals surface area (Å²) in [5, 5.41) is 8.25. The summed E-state index contributed by atoms with van der Waals surface area (Å²) in [7, 11) is 0. The molecule has 1 aliphatic rings. The van der Waals surface area contributed by atoms with Crippen LogP contribution in [0, 0.1) is 0 Å². The zero-order chi connectivity index (χ0) is 21.3. The lowest BCUT2D eigenvalue weighted by Gasteiger charge is -2.28. The molecular formula is C24H21N5O2S. The molecule has 0 atom stereocenters. The molecule has 5 aromatic rings. The van der Waals surface area contributed by atoms with Gasteiger partial charge < -0.3 is 14.4 Å². The minimum Gasteiger partial charge on any atom is -0.488 e. The summed E-state index contributed by atoms with van der Waals surface area (Å²) in [5.41, 5.74) is 2.89. The van der Waals surface area contributed by atoms with Crippen molar-refractivity contribution in [2.75, 3.05) is 31.2 Å². The Hall–Kier alpha value is -3.49. The fourth-order valence-electron chi connectivity index (χ4n) is 3.98. The van der Waals surface area contributed by atoms with Gasteiger partial charge in [0.05, 0.1) is 35.1 Å². The van der Waals surface area contributed by atoms with Crippen molar-refractivity contribution in [2.24, 2.45) is 0 Å². The predicted molar refractivity (Wildman–Crippen MR) is 126 cm³/mol. The van der Waals surface area contributed by atoms with Crippen molar-refractivity contribution < 1.29 is 9.47 Å². The van der Waals surface area contributed by atoms with E-state index in [-0.39, 0.29) is 0 Å². The van der Waals surface area contributed by atoms with Gasteiger partial charge in [0.15, 0.2) is 11.6 Å². The summed E-state index contributed by atoms with van der Waals surface area (Å²) in [5.74, 6) is 2.53. The molecule has 1 aliphatic heterocycles. The van der Waals surface area contributed by atoms with Gasteiger partial charge in [-0.15, -0.1) is 11.3 Å². The number of anilines is 1. The summed E-state index contributed by atoms with van der Waals surface area (Å²) in [4.78, 5) is 13.4. The Bertz CT molecular complexity index is 1380. The number of aromatic nitrogens is 4. The topological polar surface area (TPSA) is 76.2 Å². The lowest BCUT2D eigenvalue weighted by atomic mass is 10.1. The van der Waals surface area contributed by atoms with Crippen molar-refractivity contribution in [1.29, 1.82) is 0 Å². The van der Waals surface area contributed by atoms with Gasteiger partial charge in [-0.25, -0.2) is 9.97 Å². The van der Waals surface area contributed by atoms with E-state index in [0.29, 0.717) is 25.6 Å². The van der Waals surface area contributed by atoms with Crippen molar-refractivity contribution in [3.63, 3.8) is 0 Å². The van der Waals surface area contributed by atoms with Crippen molar-refractivity contribution in [2.45, 2.75) is 6.61 Å². The SMILES string of the molecule is c1ccc(OCc2cc3nc(-c4cccc5[nH]ncc45)nc(N4CCOCC4)c3s2)cc1. The maximum atomic E-state index is 5.99. The standard InChI is InChI=1S/C24H21N5O2S/c1-2-5-16(6-3-1)31-15-17-13-21-22(32-17)24(29-9-11-30-12-10-29)27-23(26-21)18-7-4-8-20-19(18)14-25-28-20/h1-8,13-14H,9-12,15H2,(H,25,28). The molecule has 4 heterocycles. The van der Waals surface area contributed by atoms with Crippen molar-refractivity contribution in [3.05, 3.63) is 65.7 Å². The summed E-state index contributed by atoms with van der Waals surface area (Å²) in [6.07, 6.45) is 1.83. The Morgan fingerprint density at radius 1 is 1.03 bits per heavy atom. The second-order valence-corrected chi connectivity index (χ2v) is 8.77. The Balaban J connectivity index is 1.44. The third-order valence-electron chi connectivity index (χ3n) is 5.57. The van der Waals surface area contributed by atoms with Crippen LogP contribution in [0.3, 0.4) is 0 Å². The molecule has 0 spiro atoms. The Morgan fingerprint density at radius 3 is 2.78 bits per heavy atom. The van der Waals surface area contributed by atoms with Crippen LogP contribution in [0.5, 0.6) is 5.75 Å². The van der Waals surface area contributed by atoms with Crippen LogP contribution < -0.4 is 9.64 Å². The van der Waals surface area contributed by atoms with Gasteiger partial charge >= 0.3 is 0 Å². The first-order chi connectivity index (χ1) is 15.8. The maximum Gasteiger partial charge on any atom is 0.162 e. The van der Waals surface area contributed by atoms with E-state index >= 15 is 0 Å². The molecule has 7 nitrogen and oxygen atoms in total. The normalized spacial score (nSPS) is 14.3. The highest BCUT2D eigenvalue weighted by Crippen LogP contribution is 2.36. The second kappa shape index (κ2) is 8.22. The van der Waals surface area contributed by atoms with E-state index in [9.17, 15) is 0 Å². The summed E-state index contributed by atoms with van der Waals surface area (Å²) in [6.45, 7) is 3.53. The zero-order valence-corrected chi connectivity index (χ0v) is 18.1. The number of hydrogen-bond donors (Lipinski definition) is 1. The molecule has 2 aromatic carbocycles. The first-order valence-corrected chi connectivity index (χ1v) is 11.4. The smallest absolute Gasteiger partial charge is 0.162 e. The van der Waals surface area contributed by atoms with Crippen molar-refractivity contribution in [3.8, 4) is 17.1 Å². The molecule has 32 heavy (non-hydrogen) atoms. The molecule has 0 radical (unpaired) electrons. The lowest BCUT2D eigenvalue weighted by Crippen LogP contribution is -2.36. The molecular weight excluding hydrogens is 422 g/mol. The van der Waals surface area contributed by atoms with Crippen LogP contribution in [-0.2, 0) is 11.3 Å². The first kappa shape index (κ1) is 19.2. The highest BCUT2D eigenvalue weighted by atomic mass is 32.1. The third kappa shape index (κ3) is 3.57. The Morgan fingerprint density at radius 2 is 1.91 bits per heavy atom. The Labute approximate surface area is 188 Å². The van der Waals surface area contributed by atoms with Crippen LogP contribution in [0.25, 0.3) is 32.5 Å². The number of fused-ring (bicyclic) bond motifs is 2. The molecule has 6 rings (SSSR count). The van der Waals surface area contributed by atoms with Gasteiger partial charge in [0, 0.05) is 28.9 Å². The van der Waals surface area contributed by atoms with E-state index in [1.807, 2.05) is 54.7 Å². The number of para-hydroxylation sites is 1. The van der Waals surface area contributed by atoms with Crippen LogP contribution >= 0.6 is 11.3 Å². The minimum atomic E-state index is 0.500. The van der Waals surface area contributed by atoms with Crippen LogP contribution in [-0.4, -0.2) is 46.5 Å². The van der Waals surface area contributed by atoms with E-state index in [1.165, 1.54) is 0 Å². The van der Waals surface area contributed by atoms with Crippen molar-refractivity contribution in [1.82, 2.24) is 20.2 Å². The average molecular weight is 444 g/mol. The zero-order valence-electron chi connectivity index (χ0n) is 17.3. The average Bonchev–Trinajstić information content (AvgIpc) is 3.50. The van der Waals surface area contributed by atoms with Crippen molar-refractivity contribution >= 4 is 38.3 Å². The molecule has 0 aliphatic carbocycles. The van der Waals surface area contributed by atoms with E-state index < -0.39 is 0 Å². The van der Waals surface area contributed by atoms with Gasteiger partial charge in [-0.2, -0.15) is 5.10 Å². The number of ether oxygens (including phenoxy) is 2. The third-order valence-corrected chi connectivity index (χ3v) is 6.66. The van der Waals surface area contributed by atoms with Crippen LogP contribution in [0.15, 0.2) is 60.8 Å². The summed E-state index contributed by atoms with van der Waals surface area (Å²) < 4.78 is 12.6. The molecule has 160 valence electrons. The number of hydrogen-bond acceptors (Lipinski definition) is 7. The number of rotatable bonds is 5. The molecule has 0 saturated carbocycles. The van der Waals surface area contributed by atoms with E-state index in [2.05, 4.69) is 21.2 Å². The second-order valence-electron chi connectivity index (χ2n) is 7.64.